The Hall–Kier alpha value is -2.93. The second-order valence-electron chi connectivity index (χ2n) is 7.96. The van der Waals surface area contributed by atoms with Crippen molar-refractivity contribution < 1.29 is 18.7 Å². The number of benzene rings is 2. The van der Waals surface area contributed by atoms with Gasteiger partial charge < -0.3 is 9.47 Å². The molecule has 1 amide bonds. The molecule has 0 bridgehead atoms. The molecule has 1 fully saturated rings. The summed E-state index contributed by atoms with van der Waals surface area (Å²) in [5.74, 6) is 0.984. The van der Waals surface area contributed by atoms with Gasteiger partial charge in [-0.1, -0.05) is 18.6 Å². The lowest BCUT2D eigenvalue weighted by Crippen LogP contribution is -2.40. The first kappa shape index (κ1) is 21.3. The highest BCUT2D eigenvalue weighted by Gasteiger charge is 2.34. The standard InChI is InChI=1S/C24H28FN3O3/c1-30-19-10-11-20(23(14-19)31-2)21-15-22(17-6-8-18(25)9-7-17)28(26-21)24(29)16-27-12-4-3-5-13-27/h6-11,14,22H,3-5,12-13,15-16H2,1-2H3/t22-/m1/s1. The van der Waals surface area contributed by atoms with Crippen LogP contribution in [0.3, 0.4) is 0 Å². The maximum atomic E-state index is 13.5. The summed E-state index contributed by atoms with van der Waals surface area (Å²) < 4.78 is 24.4. The van der Waals surface area contributed by atoms with Gasteiger partial charge in [0, 0.05) is 18.1 Å². The Kier molecular flexibility index (Phi) is 6.51. The Balaban J connectivity index is 1.64. The Bertz CT molecular complexity index is 955. The number of likely N-dealkylation sites (tertiary alicyclic amines) is 1. The van der Waals surface area contributed by atoms with E-state index >= 15 is 0 Å². The molecule has 4 rings (SSSR count). The summed E-state index contributed by atoms with van der Waals surface area (Å²) in [6.07, 6.45) is 3.98. The van der Waals surface area contributed by atoms with Crippen molar-refractivity contribution in [3.05, 3.63) is 59.4 Å². The second-order valence-corrected chi connectivity index (χ2v) is 7.96. The summed E-state index contributed by atoms with van der Waals surface area (Å²) in [6, 6.07) is 11.6. The van der Waals surface area contributed by atoms with Crippen LogP contribution in [0.4, 0.5) is 4.39 Å². The van der Waals surface area contributed by atoms with E-state index in [4.69, 9.17) is 14.6 Å². The van der Waals surface area contributed by atoms with Gasteiger partial charge in [0.25, 0.3) is 5.91 Å². The zero-order valence-corrected chi connectivity index (χ0v) is 18.0. The van der Waals surface area contributed by atoms with E-state index in [-0.39, 0.29) is 17.8 Å². The van der Waals surface area contributed by atoms with Crippen LogP contribution in [0.5, 0.6) is 11.5 Å². The van der Waals surface area contributed by atoms with Gasteiger partial charge in [-0.15, -0.1) is 0 Å². The number of carbonyl (C=O) groups excluding carboxylic acids is 1. The first-order chi connectivity index (χ1) is 15.1. The molecule has 0 aliphatic carbocycles. The summed E-state index contributed by atoms with van der Waals surface area (Å²) >= 11 is 0. The third kappa shape index (κ3) is 4.71. The minimum atomic E-state index is -0.300. The Morgan fingerprint density at radius 2 is 1.81 bits per heavy atom. The zero-order valence-electron chi connectivity index (χ0n) is 18.0. The highest BCUT2D eigenvalue weighted by atomic mass is 19.1. The van der Waals surface area contributed by atoms with Crippen LogP contribution in [0.1, 0.15) is 42.9 Å². The molecule has 2 aromatic carbocycles. The fourth-order valence-electron chi connectivity index (χ4n) is 4.27. The van der Waals surface area contributed by atoms with Crippen LogP contribution in [0.2, 0.25) is 0 Å². The number of methoxy groups -OCH3 is 2. The van der Waals surface area contributed by atoms with Crippen molar-refractivity contribution in [1.82, 2.24) is 9.91 Å². The molecule has 1 atom stereocenters. The normalized spacial score (nSPS) is 19.3. The average Bonchev–Trinajstić information content (AvgIpc) is 3.25. The lowest BCUT2D eigenvalue weighted by atomic mass is 9.97. The number of hydrazone groups is 1. The quantitative estimate of drug-likeness (QED) is 0.702. The smallest absolute Gasteiger partial charge is 0.257 e. The van der Waals surface area contributed by atoms with E-state index in [0.29, 0.717) is 24.5 Å². The molecule has 2 aromatic rings. The van der Waals surface area contributed by atoms with Crippen molar-refractivity contribution in [2.75, 3.05) is 33.9 Å². The van der Waals surface area contributed by atoms with Crippen LogP contribution < -0.4 is 9.47 Å². The monoisotopic (exact) mass is 425 g/mol. The van der Waals surface area contributed by atoms with Gasteiger partial charge in [-0.25, -0.2) is 9.40 Å². The van der Waals surface area contributed by atoms with Gasteiger partial charge in [0.05, 0.1) is 32.5 Å². The van der Waals surface area contributed by atoms with Crippen LogP contribution in [-0.4, -0.2) is 55.4 Å². The molecule has 7 heteroatoms. The second kappa shape index (κ2) is 9.47. The van der Waals surface area contributed by atoms with E-state index in [9.17, 15) is 9.18 Å². The summed E-state index contributed by atoms with van der Waals surface area (Å²) in [5.41, 5.74) is 2.45. The minimum Gasteiger partial charge on any atom is -0.497 e. The SMILES string of the molecule is COc1ccc(C2=NN(C(=O)CN3CCCCC3)[C@@H](c3ccc(F)cc3)C2)c(OC)c1. The lowest BCUT2D eigenvalue weighted by Gasteiger charge is -2.29. The van der Waals surface area contributed by atoms with Gasteiger partial charge in [0.2, 0.25) is 0 Å². The van der Waals surface area contributed by atoms with Crippen LogP contribution in [0.25, 0.3) is 0 Å². The molecule has 31 heavy (non-hydrogen) atoms. The maximum Gasteiger partial charge on any atom is 0.257 e. The predicted octanol–water partition coefficient (Wildman–Crippen LogP) is 4.01. The number of rotatable bonds is 6. The summed E-state index contributed by atoms with van der Waals surface area (Å²) in [7, 11) is 3.21. The summed E-state index contributed by atoms with van der Waals surface area (Å²) in [5, 5.41) is 6.30. The van der Waals surface area contributed by atoms with Gasteiger partial charge >= 0.3 is 0 Å². The van der Waals surface area contributed by atoms with Crippen molar-refractivity contribution in [2.24, 2.45) is 5.10 Å². The first-order valence-electron chi connectivity index (χ1n) is 10.7. The largest absolute Gasteiger partial charge is 0.497 e. The molecule has 0 N–H and O–H groups in total. The molecule has 2 aliphatic rings. The van der Waals surface area contributed by atoms with Crippen molar-refractivity contribution in [2.45, 2.75) is 31.7 Å². The van der Waals surface area contributed by atoms with E-state index in [2.05, 4.69) is 4.90 Å². The van der Waals surface area contributed by atoms with E-state index in [1.165, 1.54) is 18.6 Å². The van der Waals surface area contributed by atoms with Gasteiger partial charge in [-0.05, 0) is 55.8 Å². The predicted molar refractivity (Wildman–Crippen MR) is 117 cm³/mol. The van der Waals surface area contributed by atoms with Crippen LogP contribution in [-0.2, 0) is 4.79 Å². The highest BCUT2D eigenvalue weighted by Crippen LogP contribution is 2.36. The Labute approximate surface area is 182 Å². The van der Waals surface area contributed by atoms with E-state index in [1.54, 1.807) is 31.4 Å². The molecule has 0 aromatic heterocycles. The zero-order chi connectivity index (χ0) is 21.8. The first-order valence-corrected chi connectivity index (χ1v) is 10.7. The van der Waals surface area contributed by atoms with Crippen LogP contribution in [0, 0.1) is 5.82 Å². The van der Waals surface area contributed by atoms with Crippen LogP contribution in [0.15, 0.2) is 47.6 Å². The Morgan fingerprint density at radius 1 is 1.06 bits per heavy atom. The molecule has 0 saturated carbocycles. The average molecular weight is 426 g/mol. The number of halogens is 1. The number of piperidine rings is 1. The van der Waals surface area contributed by atoms with Crippen molar-refractivity contribution >= 4 is 11.6 Å². The molecule has 0 unspecified atom stereocenters. The fourth-order valence-corrected chi connectivity index (χ4v) is 4.27. The third-order valence-electron chi connectivity index (χ3n) is 5.95. The van der Waals surface area contributed by atoms with E-state index in [0.717, 1.165) is 42.8 Å². The molecular weight excluding hydrogens is 397 g/mol. The van der Waals surface area contributed by atoms with Gasteiger partial charge in [0.15, 0.2) is 0 Å². The van der Waals surface area contributed by atoms with Gasteiger partial charge in [-0.2, -0.15) is 5.10 Å². The van der Waals surface area contributed by atoms with Crippen molar-refractivity contribution in [3.8, 4) is 11.5 Å². The number of hydrogen-bond donors (Lipinski definition) is 0. The van der Waals surface area contributed by atoms with Gasteiger partial charge in [0.1, 0.15) is 17.3 Å². The maximum absolute atomic E-state index is 13.5. The number of amides is 1. The molecule has 2 heterocycles. The van der Waals surface area contributed by atoms with Crippen molar-refractivity contribution in [3.63, 3.8) is 0 Å². The minimum absolute atomic E-state index is 0.0429. The third-order valence-corrected chi connectivity index (χ3v) is 5.95. The summed E-state index contributed by atoms with van der Waals surface area (Å²) in [4.78, 5) is 15.4. The number of carbonyl (C=O) groups is 1. The van der Waals surface area contributed by atoms with E-state index < -0.39 is 0 Å². The molecule has 164 valence electrons. The number of ether oxygens (including phenoxy) is 2. The lowest BCUT2D eigenvalue weighted by molar-refractivity contribution is -0.134. The molecular formula is C24H28FN3O3. The topological polar surface area (TPSA) is 54.4 Å². The highest BCUT2D eigenvalue weighted by molar-refractivity contribution is 6.05. The van der Waals surface area contributed by atoms with Crippen LogP contribution >= 0.6 is 0 Å². The molecule has 0 radical (unpaired) electrons. The van der Waals surface area contributed by atoms with Crippen molar-refractivity contribution in [1.29, 1.82) is 0 Å². The number of hydrogen-bond acceptors (Lipinski definition) is 5. The Morgan fingerprint density at radius 3 is 2.48 bits per heavy atom. The summed E-state index contributed by atoms with van der Waals surface area (Å²) in [6.45, 7) is 2.21. The molecule has 6 nitrogen and oxygen atoms in total. The molecule has 2 aliphatic heterocycles. The number of nitrogens with zero attached hydrogens (tertiary/aromatic N) is 3. The molecule has 0 spiro atoms. The fraction of sp³-hybridized carbons (Fsp3) is 0.417. The molecule has 1 saturated heterocycles. The van der Waals surface area contributed by atoms with Gasteiger partial charge in [-0.3, -0.25) is 9.69 Å². The van der Waals surface area contributed by atoms with E-state index in [1.807, 2.05) is 18.2 Å².